The van der Waals surface area contributed by atoms with Gasteiger partial charge in [0.1, 0.15) is 28.7 Å². The minimum Gasteiger partial charge on any atom is -0.489 e. The summed E-state index contributed by atoms with van der Waals surface area (Å²) in [6, 6.07) is 13.5. The zero-order valence-electron chi connectivity index (χ0n) is 24.8. The lowest BCUT2D eigenvalue weighted by Crippen LogP contribution is -2.53. The number of carbonyl (C=O) groups is 2. The number of aryl methyl sites for hydroxylation is 1. The third-order valence-corrected chi connectivity index (χ3v) is 12.7. The summed E-state index contributed by atoms with van der Waals surface area (Å²) in [5, 5.41) is 0.371. The number of ether oxygens (including phenoxy) is 2. The second kappa shape index (κ2) is 12.4. The van der Waals surface area contributed by atoms with E-state index in [0.717, 1.165) is 17.7 Å². The van der Waals surface area contributed by atoms with Crippen LogP contribution in [0.15, 0.2) is 65.6 Å². The van der Waals surface area contributed by atoms with Gasteiger partial charge in [-0.25, -0.2) is 17.2 Å². The van der Waals surface area contributed by atoms with Crippen molar-refractivity contribution in [2.75, 3.05) is 13.7 Å². The van der Waals surface area contributed by atoms with Gasteiger partial charge in [0.15, 0.2) is 9.84 Å². The van der Waals surface area contributed by atoms with Gasteiger partial charge in [-0.3, -0.25) is 9.59 Å². The second-order valence-corrected chi connectivity index (χ2v) is 14.7. The van der Waals surface area contributed by atoms with E-state index in [2.05, 4.69) is 0 Å². The van der Waals surface area contributed by atoms with Gasteiger partial charge in [0.05, 0.1) is 24.0 Å². The normalized spacial score (nSPS) is 24.4. The van der Waals surface area contributed by atoms with Crippen molar-refractivity contribution in [2.24, 2.45) is 11.8 Å². The van der Waals surface area contributed by atoms with Crippen LogP contribution in [0.25, 0.3) is 0 Å². The van der Waals surface area contributed by atoms with Gasteiger partial charge < -0.3 is 14.4 Å². The number of likely N-dealkylation sites (tertiary alicyclic amines) is 1. The van der Waals surface area contributed by atoms with Crippen LogP contribution in [0.5, 0.6) is 5.75 Å². The third-order valence-electron chi connectivity index (χ3n) is 9.76. The van der Waals surface area contributed by atoms with Crippen LogP contribution < -0.4 is 4.74 Å². The summed E-state index contributed by atoms with van der Waals surface area (Å²) in [7, 11) is -2.75. The number of methoxy groups -OCH3 is 1. The number of nitrogens with zero attached hydrogens (tertiary/aromatic N) is 1. The van der Waals surface area contributed by atoms with Crippen molar-refractivity contribution in [1.82, 2.24) is 4.90 Å². The molecule has 11 heteroatoms. The van der Waals surface area contributed by atoms with E-state index in [1.165, 1.54) is 37.4 Å². The van der Waals surface area contributed by atoms with Gasteiger partial charge >= 0.3 is 5.97 Å². The Kier molecular flexibility index (Phi) is 8.65. The molecule has 238 valence electrons. The predicted molar refractivity (Wildman–Crippen MR) is 163 cm³/mol. The van der Waals surface area contributed by atoms with E-state index in [1.54, 1.807) is 23.1 Å². The fourth-order valence-electron chi connectivity index (χ4n) is 7.47. The van der Waals surface area contributed by atoms with E-state index >= 15 is 0 Å². The molecule has 2 atom stereocenters. The van der Waals surface area contributed by atoms with E-state index in [9.17, 15) is 26.8 Å². The van der Waals surface area contributed by atoms with Crippen LogP contribution in [0.3, 0.4) is 0 Å². The minimum atomic E-state index is -4.11. The molecule has 0 unspecified atom stereocenters. The second-order valence-electron chi connectivity index (χ2n) is 12.1. The molecule has 45 heavy (non-hydrogen) atoms. The molecule has 0 N–H and O–H groups in total. The van der Waals surface area contributed by atoms with Crippen LogP contribution in [0.4, 0.5) is 8.78 Å². The quantitative estimate of drug-likeness (QED) is 0.216. The van der Waals surface area contributed by atoms with Crippen LogP contribution in [-0.2, 0) is 41.9 Å². The van der Waals surface area contributed by atoms with Crippen LogP contribution >= 0.6 is 11.6 Å². The van der Waals surface area contributed by atoms with Gasteiger partial charge in [-0.2, -0.15) is 0 Å². The van der Waals surface area contributed by atoms with Gasteiger partial charge in [-0.15, -0.1) is 0 Å². The molecule has 1 heterocycles. The smallest absolute Gasteiger partial charge is 0.308 e. The number of benzene rings is 3. The third kappa shape index (κ3) is 5.60. The number of hydrogen-bond acceptors (Lipinski definition) is 6. The molecular weight excluding hydrogens is 624 g/mol. The number of carbonyl (C=O) groups excluding carboxylic acids is 2. The number of hydrogen-bond donors (Lipinski definition) is 0. The van der Waals surface area contributed by atoms with Crippen molar-refractivity contribution in [3.05, 3.63) is 94.0 Å². The van der Waals surface area contributed by atoms with Crippen molar-refractivity contribution in [3.8, 4) is 5.75 Å². The van der Waals surface area contributed by atoms with E-state index in [-0.39, 0.29) is 48.2 Å². The minimum absolute atomic E-state index is 0.00397. The first kappa shape index (κ1) is 31.5. The summed E-state index contributed by atoms with van der Waals surface area (Å²) in [6.45, 7) is 0.286. The van der Waals surface area contributed by atoms with Crippen molar-refractivity contribution < 1.29 is 36.3 Å². The summed E-state index contributed by atoms with van der Waals surface area (Å²) < 4.78 is 66.3. The average Bonchev–Trinajstić information content (AvgIpc) is 3.46. The maximum absolute atomic E-state index is 14.6. The van der Waals surface area contributed by atoms with Crippen molar-refractivity contribution in [1.29, 1.82) is 0 Å². The molecule has 1 aliphatic heterocycles. The van der Waals surface area contributed by atoms with Gasteiger partial charge in [0, 0.05) is 23.0 Å². The average molecular weight is 658 g/mol. The van der Waals surface area contributed by atoms with Crippen molar-refractivity contribution >= 4 is 33.3 Å². The number of amides is 1. The molecule has 0 bridgehead atoms. The number of esters is 1. The highest BCUT2D eigenvalue weighted by molar-refractivity contribution is 7.92. The number of halogens is 3. The zero-order chi connectivity index (χ0) is 31.9. The lowest BCUT2D eigenvalue weighted by molar-refractivity contribution is -0.149. The molecule has 0 radical (unpaired) electrons. The summed E-state index contributed by atoms with van der Waals surface area (Å²) in [5.74, 6) is -1.38. The molecule has 1 amide bonds. The fourth-order valence-corrected chi connectivity index (χ4v) is 10.0. The monoisotopic (exact) mass is 657 g/mol. The Morgan fingerprint density at radius 1 is 0.933 bits per heavy atom. The molecule has 2 fully saturated rings. The molecule has 1 saturated carbocycles. The van der Waals surface area contributed by atoms with E-state index in [1.807, 2.05) is 0 Å². The highest BCUT2D eigenvalue weighted by Gasteiger charge is 2.61. The maximum atomic E-state index is 14.6. The maximum Gasteiger partial charge on any atom is 0.308 e. The Labute approximate surface area is 266 Å². The molecule has 3 aliphatic rings. The highest BCUT2D eigenvalue weighted by atomic mass is 35.5. The number of sulfone groups is 1. The Morgan fingerprint density at radius 2 is 1.62 bits per heavy atom. The molecule has 3 aromatic carbocycles. The molecule has 3 aromatic rings. The van der Waals surface area contributed by atoms with Crippen LogP contribution in [0.2, 0.25) is 5.02 Å². The van der Waals surface area contributed by atoms with Gasteiger partial charge in [-0.05, 0) is 111 Å². The van der Waals surface area contributed by atoms with E-state index in [4.69, 9.17) is 21.1 Å². The number of fused-ring (bicyclic) bond motifs is 3. The van der Waals surface area contributed by atoms with Crippen LogP contribution in [0.1, 0.15) is 55.2 Å². The summed E-state index contributed by atoms with van der Waals surface area (Å²) >= 11 is 6.21. The lowest BCUT2D eigenvalue weighted by Gasteiger charge is -2.43. The van der Waals surface area contributed by atoms with Gasteiger partial charge in [0.25, 0.3) is 0 Å². The van der Waals surface area contributed by atoms with Crippen molar-refractivity contribution in [3.63, 3.8) is 0 Å². The zero-order valence-corrected chi connectivity index (χ0v) is 26.4. The predicted octanol–water partition coefficient (Wildman–Crippen LogP) is 6.39. The molecule has 2 aliphatic carbocycles. The summed E-state index contributed by atoms with van der Waals surface area (Å²) in [4.78, 5) is 27.8. The first-order valence-electron chi connectivity index (χ1n) is 15.1. The first-order chi connectivity index (χ1) is 21.5. The summed E-state index contributed by atoms with van der Waals surface area (Å²) in [5.41, 5.74) is 1.87. The fraction of sp³-hybridized carbons (Fsp3) is 0.412. The first-order valence-corrected chi connectivity index (χ1v) is 17.0. The molecular formula is C34H34ClF2NO6S. The highest BCUT2D eigenvalue weighted by Crippen LogP contribution is 2.53. The SMILES string of the molecule is COC(=O)C1CCC(C(=O)N2CC[C@@]3(S(=O)(=O)c4ccc(F)cc4)c4ccc(OCc5cc(F)ccc5Cl)cc4CC[C@@H]23)CC1. The van der Waals surface area contributed by atoms with Crippen molar-refractivity contribution in [2.45, 2.75) is 67.2 Å². The Balaban J connectivity index is 1.33. The van der Waals surface area contributed by atoms with E-state index in [0.29, 0.717) is 60.4 Å². The Bertz CT molecular complexity index is 1720. The number of rotatable bonds is 7. The van der Waals surface area contributed by atoms with E-state index < -0.39 is 32.3 Å². The van der Waals surface area contributed by atoms with Crippen LogP contribution in [0, 0.1) is 23.5 Å². The standard InChI is InChI=1S/C34H34ClF2NO6S/c1-43-33(40)22-4-2-21(3-5-22)32(39)38-17-16-34(45(41,42)28-11-7-25(36)8-12-28)29-13-10-27(19-23(29)6-15-31(34)38)44-20-24-18-26(37)9-14-30(24)35/h7-14,18-19,21-22,31H,2-6,15-17,20H2,1H3/t21?,22?,31-,34-/m1/s1. The molecule has 1 saturated heterocycles. The Morgan fingerprint density at radius 3 is 2.33 bits per heavy atom. The topological polar surface area (TPSA) is 90.0 Å². The van der Waals surface area contributed by atoms with Gasteiger partial charge in [-0.1, -0.05) is 17.7 Å². The molecule has 0 aromatic heterocycles. The molecule has 0 spiro atoms. The summed E-state index contributed by atoms with van der Waals surface area (Å²) in [6.07, 6.45) is 3.28. The molecule has 7 nitrogen and oxygen atoms in total. The Hall–Kier alpha value is -3.50. The van der Waals surface area contributed by atoms with Gasteiger partial charge in [0.2, 0.25) is 5.91 Å². The largest absolute Gasteiger partial charge is 0.489 e. The van der Waals surface area contributed by atoms with Crippen LogP contribution in [-0.4, -0.2) is 44.9 Å². The lowest BCUT2D eigenvalue weighted by atomic mass is 9.77. The molecule has 6 rings (SSSR count).